The van der Waals surface area contributed by atoms with E-state index in [0.717, 1.165) is 24.8 Å². The van der Waals surface area contributed by atoms with E-state index in [0.29, 0.717) is 5.56 Å². The molecule has 4 nitrogen and oxygen atoms in total. The van der Waals surface area contributed by atoms with Crippen LogP contribution in [0.25, 0.3) is 0 Å². The van der Waals surface area contributed by atoms with Crippen LogP contribution in [0.5, 0.6) is 0 Å². The maximum Gasteiger partial charge on any atom is 0.336 e. The second kappa shape index (κ2) is 7.19. The van der Waals surface area contributed by atoms with E-state index in [1.165, 1.54) is 6.07 Å². The Bertz CT molecular complexity index is 455. The Kier molecular flexibility index (Phi) is 6.66. The molecule has 0 saturated heterocycles. The molecule has 0 aliphatic heterocycles. The van der Waals surface area contributed by atoms with Crippen LogP contribution in [-0.4, -0.2) is 22.2 Å². The maximum absolute atomic E-state index is 11.1. The number of rotatable bonds is 5. The van der Waals surface area contributed by atoms with E-state index in [1.54, 1.807) is 13.0 Å². The summed E-state index contributed by atoms with van der Waals surface area (Å²) < 4.78 is 0. The van der Waals surface area contributed by atoms with Gasteiger partial charge in [0, 0.05) is 17.1 Å². The van der Waals surface area contributed by atoms with Crippen molar-refractivity contribution in [2.75, 3.05) is 0 Å². The molecule has 0 spiro atoms. The monoisotopic (exact) mass is 299 g/mol. The van der Waals surface area contributed by atoms with Gasteiger partial charge in [0.1, 0.15) is 0 Å². The Balaban J connectivity index is 0.00000289. The van der Waals surface area contributed by atoms with Gasteiger partial charge in [-0.3, -0.25) is 0 Å². The molecule has 1 rings (SSSR count). The molecule has 1 aromatic carbocycles. The SMILES string of the molecule is CCCCc1ccc(C(=O)O)c(C(=O)O)c1C.[Cu]. The molecule has 0 saturated carbocycles. The van der Waals surface area contributed by atoms with E-state index < -0.39 is 11.9 Å². The van der Waals surface area contributed by atoms with E-state index in [9.17, 15) is 9.59 Å². The summed E-state index contributed by atoms with van der Waals surface area (Å²) in [6.07, 6.45) is 2.76. The second-order valence-electron chi connectivity index (χ2n) is 3.99. The molecule has 0 atom stereocenters. The minimum Gasteiger partial charge on any atom is -0.478 e. The van der Waals surface area contributed by atoms with E-state index in [1.807, 2.05) is 0 Å². The number of benzene rings is 1. The first-order valence-corrected chi connectivity index (χ1v) is 5.58. The summed E-state index contributed by atoms with van der Waals surface area (Å²) in [5.41, 5.74) is 1.24. The second-order valence-corrected chi connectivity index (χ2v) is 3.99. The summed E-state index contributed by atoms with van der Waals surface area (Å²) in [5, 5.41) is 18.0. The van der Waals surface area contributed by atoms with Crippen molar-refractivity contribution in [2.45, 2.75) is 33.1 Å². The van der Waals surface area contributed by atoms with E-state index in [4.69, 9.17) is 10.2 Å². The first kappa shape index (κ1) is 16.7. The normalized spacial score (nSPS) is 9.67. The molecule has 0 fully saturated rings. The Morgan fingerprint density at radius 1 is 1.17 bits per heavy atom. The van der Waals surface area contributed by atoms with Gasteiger partial charge in [-0.2, -0.15) is 0 Å². The smallest absolute Gasteiger partial charge is 0.336 e. The number of carbonyl (C=O) groups is 2. The average Bonchev–Trinajstić information content (AvgIpc) is 2.26. The van der Waals surface area contributed by atoms with E-state index >= 15 is 0 Å². The summed E-state index contributed by atoms with van der Waals surface area (Å²) in [7, 11) is 0. The minimum atomic E-state index is -1.20. The number of hydrogen-bond donors (Lipinski definition) is 2. The van der Waals surface area contributed by atoms with Gasteiger partial charge in [0.15, 0.2) is 0 Å². The van der Waals surface area contributed by atoms with Crippen molar-refractivity contribution < 1.29 is 36.9 Å². The van der Waals surface area contributed by atoms with Crippen LogP contribution in [0.2, 0.25) is 0 Å². The molecule has 0 bridgehead atoms. The summed E-state index contributed by atoms with van der Waals surface area (Å²) >= 11 is 0. The van der Waals surface area contributed by atoms with E-state index in [2.05, 4.69) is 6.92 Å². The summed E-state index contributed by atoms with van der Waals surface area (Å²) in [5.74, 6) is -2.38. The number of unbranched alkanes of at least 4 members (excludes halogenated alkanes) is 1. The Morgan fingerprint density at radius 2 is 1.78 bits per heavy atom. The summed E-state index contributed by atoms with van der Waals surface area (Å²) in [6.45, 7) is 3.72. The molecule has 0 aliphatic carbocycles. The molecule has 18 heavy (non-hydrogen) atoms. The van der Waals surface area contributed by atoms with Crippen LogP contribution in [0, 0.1) is 6.92 Å². The van der Waals surface area contributed by atoms with Crippen molar-refractivity contribution >= 4 is 11.9 Å². The van der Waals surface area contributed by atoms with Crippen molar-refractivity contribution in [3.05, 3.63) is 34.4 Å². The van der Waals surface area contributed by atoms with Crippen LogP contribution < -0.4 is 0 Å². The van der Waals surface area contributed by atoms with Gasteiger partial charge in [-0.05, 0) is 37.0 Å². The minimum absolute atomic E-state index is 0. The van der Waals surface area contributed by atoms with Gasteiger partial charge < -0.3 is 10.2 Å². The van der Waals surface area contributed by atoms with Crippen LogP contribution in [-0.2, 0) is 23.5 Å². The number of carboxylic acids is 2. The standard InChI is InChI=1S/C13H16O4.Cu/c1-3-4-5-9-6-7-10(12(14)15)11(8(9)2)13(16)17;/h6-7H,3-5H2,1-2H3,(H,14,15)(H,16,17);. The van der Waals surface area contributed by atoms with Crippen molar-refractivity contribution in [3.8, 4) is 0 Å². The first-order valence-electron chi connectivity index (χ1n) is 5.58. The molecule has 5 heteroatoms. The Hall–Kier alpha value is -1.32. The van der Waals surface area contributed by atoms with Crippen molar-refractivity contribution in [1.82, 2.24) is 0 Å². The molecule has 1 aromatic rings. The maximum atomic E-state index is 11.1. The van der Waals surface area contributed by atoms with Crippen molar-refractivity contribution in [3.63, 3.8) is 0 Å². The van der Waals surface area contributed by atoms with Gasteiger partial charge in [-0.1, -0.05) is 19.4 Å². The first-order chi connectivity index (χ1) is 7.99. The molecule has 0 amide bonds. The third-order valence-corrected chi connectivity index (χ3v) is 2.82. The number of aryl methyl sites for hydroxylation is 1. The Labute approximate surface area is 116 Å². The molecule has 2 N–H and O–H groups in total. The van der Waals surface area contributed by atoms with Gasteiger partial charge in [-0.25, -0.2) is 9.59 Å². The van der Waals surface area contributed by atoms with Crippen LogP contribution in [0.1, 0.15) is 51.6 Å². The fraction of sp³-hybridized carbons (Fsp3) is 0.385. The zero-order chi connectivity index (χ0) is 13.0. The van der Waals surface area contributed by atoms with Gasteiger partial charge >= 0.3 is 11.9 Å². The molecule has 0 unspecified atom stereocenters. The third kappa shape index (κ3) is 3.59. The fourth-order valence-corrected chi connectivity index (χ4v) is 1.85. The number of aromatic carboxylic acids is 2. The predicted molar refractivity (Wildman–Crippen MR) is 63.7 cm³/mol. The molecule has 1 radical (unpaired) electrons. The summed E-state index contributed by atoms with van der Waals surface area (Å²) in [6, 6.07) is 3.09. The predicted octanol–water partition coefficient (Wildman–Crippen LogP) is 2.73. The molecule has 0 heterocycles. The van der Waals surface area contributed by atoms with Crippen LogP contribution in [0.3, 0.4) is 0 Å². The molecule has 0 aromatic heterocycles. The fourth-order valence-electron chi connectivity index (χ4n) is 1.85. The van der Waals surface area contributed by atoms with E-state index in [-0.39, 0.29) is 28.2 Å². The van der Waals surface area contributed by atoms with Gasteiger partial charge in [0.05, 0.1) is 11.1 Å². The Morgan fingerprint density at radius 3 is 2.22 bits per heavy atom. The third-order valence-electron chi connectivity index (χ3n) is 2.82. The number of carboxylic acid groups (broad SMARTS) is 2. The van der Waals surface area contributed by atoms with Crippen LogP contribution in [0.4, 0.5) is 0 Å². The molecular formula is C13H16CuO4. The van der Waals surface area contributed by atoms with Crippen molar-refractivity contribution in [1.29, 1.82) is 0 Å². The molecular weight excluding hydrogens is 284 g/mol. The van der Waals surface area contributed by atoms with Gasteiger partial charge in [0.2, 0.25) is 0 Å². The summed E-state index contributed by atoms with van der Waals surface area (Å²) in [4.78, 5) is 22.1. The average molecular weight is 300 g/mol. The molecule has 0 aliphatic rings. The topological polar surface area (TPSA) is 74.6 Å². The van der Waals surface area contributed by atoms with Gasteiger partial charge in [0.25, 0.3) is 0 Å². The van der Waals surface area contributed by atoms with Crippen LogP contribution >= 0.6 is 0 Å². The largest absolute Gasteiger partial charge is 0.478 e. The molecule has 103 valence electrons. The van der Waals surface area contributed by atoms with Crippen molar-refractivity contribution in [2.24, 2.45) is 0 Å². The zero-order valence-electron chi connectivity index (χ0n) is 10.3. The van der Waals surface area contributed by atoms with Gasteiger partial charge in [-0.15, -0.1) is 0 Å². The van der Waals surface area contributed by atoms with Crippen LogP contribution in [0.15, 0.2) is 12.1 Å². The quantitative estimate of drug-likeness (QED) is 0.820. The number of hydrogen-bond acceptors (Lipinski definition) is 2. The zero-order valence-corrected chi connectivity index (χ0v) is 11.2.